The van der Waals surface area contributed by atoms with Gasteiger partial charge in [-0.05, 0) is 43.5 Å². The zero-order chi connectivity index (χ0) is 15.6. The average molecular weight is 315 g/mol. The highest BCUT2D eigenvalue weighted by Gasteiger charge is 2.03. The topological polar surface area (TPSA) is 39.2 Å². The van der Waals surface area contributed by atoms with Crippen LogP contribution in [0.25, 0.3) is 0 Å². The van der Waals surface area contributed by atoms with Crippen LogP contribution in [0, 0.1) is 6.92 Å². The molecule has 3 nitrogen and oxygen atoms in total. The minimum Gasteiger partial charge on any atom is -0.466 e. The monoisotopic (exact) mass is 315 g/mol. The normalized spacial score (nSPS) is 10.4. The first-order valence-corrected chi connectivity index (χ1v) is 8.46. The highest BCUT2D eigenvalue weighted by atomic mass is 32.2. The summed E-state index contributed by atoms with van der Waals surface area (Å²) in [5.41, 5.74) is 2.42. The number of ether oxygens (including phenoxy) is 1. The number of aromatic nitrogens is 1. The van der Waals surface area contributed by atoms with E-state index in [0.717, 1.165) is 18.6 Å². The molecule has 0 atom stereocenters. The van der Waals surface area contributed by atoms with Crippen molar-refractivity contribution < 1.29 is 9.53 Å². The Morgan fingerprint density at radius 2 is 2.05 bits per heavy atom. The van der Waals surface area contributed by atoms with Gasteiger partial charge in [-0.1, -0.05) is 23.8 Å². The van der Waals surface area contributed by atoms with Crippen LogP contribution in [-0.4, -0.2) is 23.3 Å². The van der Waals surface area contributed by atoms with Crippen LogP contribution in [-0.2, 0) is 16.0 Å². The number of carbonyl (C=O) groups is 1. The Bertz CT molecular complexity index is 569. The first-order chi connectivity index (χ1) is 10.7. The molecule has 2 aromatic rings. The average Bonchev–Trinajstić information content (AvgIpc) is 2.54. The number of benzene rings is 1. The molecule has 4 heteroatoms. The second-order valence-electron chi connectivity index (χ2n) is 5.10. The molecule has 0 saturated carbocycles. The summed E-state index contributed by atoms with van der Waals surface area (Å²) in [5, 5.41) is 0. The van der Waals surface area contributed by atoms with Gasteiger partial charge in [-0.2, -0.15) is 0 Å². The lowest BCUT2D eigenvalue weighted by Crippen LogP contribution is -2.07. The van der Waals surface area contributed by atoms with E-state index in [2.05, 4.69) is 36.2 Å². The largest absolute Gasteiger partial charge is 0.466 e. The van der Waals surface area contributed by atoms with Crippen molar-refractivity contribution in [1.82, 2.24) is 4.98 Å². The molecule has 0 bridgehead atoms. The number of hydrogen-bond donors (Lipinski definition) is 0. The minimum atomic E-state index is -0.120. The number of esters is 1. The van der Waals surface area contributed by atoms with E-state index in [1.807, 2.05) is 18.3 Å². The number of pyridine rings is 1. The lowest BCUT2D eigenvalue weighted by Gasteiger charge is -2.05. The molecule has 0 aliphatic heterocycles. The summed E-state index contributed by atoms with van der Waals surface area (Å²) in [7, 11) is 0. The Labute approximate surface area is 136 Å². The maximum atomic E-state index is 11.7. The molecule has 0 N–H and O–H groups in total. The molecule has 1 aromatic heterocycles. The van der Waals surface area contributed by atoms with Crippen LogP contribution in [0.2, 0.25) is 0 Å². The van der Waals surface area contributed by atoms with Crippen LogP contribution in [0.1, 0.15) is 24.0 Å². The van der Waals surface area contributed by atoms with E-state index in [-0.39, 0.29) is 5.97 Å². The lowest BCUT2D eigenvalue weighted by atomic mass is 10.2. The number of carbonyl (C=O) groups excluding carboxylic acids is 1. The van der Waals surface area contributed by atoms with Gasteiger partial charge < -0.3 is 4.74 Å². The molecule has 2 rings (SSSR count). The summed E-state index contributed by atoms with van der Waals surface area (Å²) in [6, 6.07) is 12.3. The fourth-order valence-corrected chi connectivity index (χ4v) is 2.80. The number of aryl methyl sites for hydroxylation is 2. The molecule has 0 fully saturated rings. The molecular formula is C18H21NO2S. The van der Waals surface area contributed by atoms with Gasteiger partial charge in [-0.15, -0.1) is 11.8 Å². The standard InChI is InChI=1S/C18H21NO2S/c1-15-6-8-17(9-7-15)22-13-10-18(20)21-12-3-5-16-4-2-11-19-14-16/h2,4,6-9,11,14H,3,5,10,12-13H2,1H3. The Morgan fingerprint density at radius 1 is 1.23 bits per heavy atom. The van der Waals surface area contributed by atoms with Crippen molar-refractivity contribution in [2.45, 2.75) is 31.1 Å². The third-order valence-corrected chi connectivity index (χ3v) is 4.21. The fraction of sp³-hybridized carbons (Fsp3) is 0.333. The summed E-state index contributed by atoms with van der Waals surface area (Å²) in [4.78, 5) is 16.9. The second-order valence-corrected chi connectivity index (χ2v) is 6.27. The Kier molecular flexibility index (Phi) is 6.97. The van der Waals surface area contributed by atoms with Crippen LogP contribution in [0.3, 0.4) is 0 Å². The number of nitrogens with zero attached hydrogens (tertiary/aromatic N) is 1. The molecule has 0 aliphatic carbocycles. The van der Waals surface area contributed by atoms with Gasteiger partial charge in [0.1, 0.15) is 0 Å². The van der Waals surface area contributed by atoms with Gasteiger partial charge in [-0.25, -0.2) is 0 Å². The fourth-order valence-electron chi connectivity index (χ4n) is 1.97. The van der Waals surface area contributed by atoms with Gasteiger partial charge in [0.15, 0.2) is 0 Å². The highest BCUT2D eigenvalue weighted by molar-refractivity contribution is 7.99. The number of hydrogen-bond acceptors (Lipinski definition) is 4. The molecule has 0 radical (unpaired) electrons. The van der Waals surface area contributed by atoms with Crippen LogP contribution in [0.4, 0.5) is 0 Å². The van der Waals surface area contributed by atoms with Crippen LogP contribution in [0.5, 0.6) is 0 Å². The number of rotatable bonds is 8. The molecular weight excluding hydrogens is 294 g/mol. The Balaban J connectivity index is 1.55. The molecule has 1 heterocycles. The molecule has 1 aromatic carbocycles. The SMILES string of the molecule is Cc1ccc(SCCC(=O)OCCCc2cccnc2)cc1. The smallest absolute Gasteiger partial charge is 0.306 e. The molecule has 0 saturated heterocycles. The quantitative estimate of drug-likeness (QED) is 0.418. The van der Waals surface area contributed by atoms with Crippen molar-refractivity contribution in [3.8, 4) is 0 Å². The van der Waals surface area contributed by atoms with E-state index in [9.17, 15) is 4.79 Å². The van der Waals surface area contributed by atoms with E-state index < -0.39 is 0 Å². The van der Waals surface area contributed by atoms with Crippen LogP contribution < -0.4 is 0 Å². The maximum absolute atomic E-state index is 11.7. The predicted molar refractivity (Wildman–Crippen MR) is 90.0 cm³/mol. The summed E-state index contributed by atoms with van der Waals surface area (Å²) in [6.07, 6.45) is 5.78. The molecule has 22 heavy (non-hydrogen) atoms. The molecule has 0 amide bonds. The van der Waals surface area contributed by atoms with E-state index in [1.54, 1.807) is 18.0 Å². The third kappa shape index (κ3) is 6.31. The summed E-state index contributed by atoms with van der Waals surface area (Å²) >= 11 is 1.68. The Hall–Kier alpha value is -1.81. The zero-order valence-corrected chi connectivity index (χ0v) is 13.6. The van der Waals surface area contributed by atoms with Crippen LogP contribution >= 0.6 is 11.8 Å². The summed E-state index contributed by atoms with van der Waals surface area (Å²) < 4.78 is 5.25. The van der Waals surface area contributed by atoms with E-state index >= 15 is 0 Å². The van der Waals surface area contributed by atoms with Gasteiger partial charge in [0.25, 0.3) is 0 Å². The van der Waals surface area contributed by atoms with E-state index in [0.29, 0.717) is 13.0 Å². The highest BCUT2D eigenvalue weighted by Crippen LogP contribution is 2.19. The van der Waals surface area contributed by atoms with Crippen LogP contribution in [0.15, 0.2) is 53.7 Å². The summed E-state index contributed by atoms with van der Waals surface area (Å²) in [6.45, 7) is 2.54. The summed E-state index contributed by atoms with van der Waals surface area (Å²) in [5.74, 6) is 0.635. The molecule has 0 spiro atoms. The van der Waals surface area contributed by atoms with E-state index in [1.165, 1.54) is 16.0 Å². The van der Waals surface area contributed by atoms with Gasteiger partial charge >= 0.3 is 5.97 Å². The van der Waals surface area contributed by atoms with Gasteiger partial charge in [-0.3, -0.25) is 9.78 Å². The van der Waals surface area contributed by atoms with Gasteiger partial charge in [0.2, 0.25) is 0 Å². The predicted octanol–water partition coefficient (Wildman–Crippen LogP) is 4.05. The first-order valence-electron chi connectivity index (χ1n) is 7.48. The maximum Gasteiger partial charge on any atom is 0.306 e. The van der Waals surface area contributed by atoms with Crippen molar-refractivity contribution in [3.05, 3.63) is 59.9 Å². The van der Waals surface area contributed by atoms with Crippen molar-refractivity contribution in [2.24, 2.45) is 0 Å². The van der Waals surface area contributed by atoms with Crippen molar-refractivity contribution in [1.29, 1.82) is 0 Å². The molecule has 116 valence electrons. The zero-order valence-electron chi connectivity index (χ0n) is 12.8. The third-order valence-electron chi connectivity index (χ3n) is 3.19. The number of thioether (sulfide) groups is 1. The van der Waals surface area contributed by atoms with Gasteiger partial charge in [0, 0.05) is 23.0 Å². The van der Waals surface area contributed by atoms with Crippen molar-refractivity contribution in [2.75, 3.05) is 12.4 Å². The molecule has 0 aliphatic rings. The van der Waals surface area contributed by atoms with Crippen molar-refractivity contribution in [3.63, 3.8) is 0 Å². The van der Waals surface area contributed by atoms with Crippen molar-refractivity contribution >= 4 is 17.7 Å². The first kappa shape index (κ1) is 16.6. The minimum absolute atomic E-state index is 0.120. The Morgan fingerprint density at radius 3 is 2.77 bits per heavy atom. The molecule has 0 unspecified atom stereocenters. The van der Waals surface area contributed by atoms with E-state index in [4.69, 9.17) is 4.74 Å². The second kappa shape index (κ2) is 9.26. The van der Waals surface area contributed by atoms with Gasteiger partial charge in [0.05, 0.1) is 13.0 Å². The lowest BCUT2D eigenvalue weighted by molar-refractivity contribution is -0.143.